The van der Waals surface area contributed by atoms with Gasteiger partial charge in [0, 0.05) is 49.5 Å². The zero-order chi connectivity index (χ0) is 44.8. The number of aliphatic hydroxyl groups is 6. The van der Waals surface area contributed by atoms with Crippen LogP contribution in [0.1, 0.15) is 119 Å². The number of esters is 2. The number of rotatable bonds is 20. The minimum Gasteiger partial charge on any atom is -0.550 e. The molecule has 0 heterocycles. The summed E-state index contributed by atoms with van der Waals surface area (Å²) in [4.78, 5) is 46.0. The summed E-state index contributed by atoms with van der Waals surface area (Å²) in [6, 6.07) is 0. The number of ether oxygens (including phenoxy) is 2. The van der Waals surface area contributed by atoms with Crippen LogP contribution < -0.4 is 69.3 Å². The van der Waals surface area contributed by atoms with Gasteiger partial charge >= 0.3 is 71.1 Å². The monoisotopic (exact) mass is 892 g/mol. The average Bonchev–Trinajstić information content (AvgIpc) is 3.15. The summed E-state index contributed by atoms with van der Waals surface area (Å²) in [6.45, 7) is 11.7. The Kier molecular flexibility index (Phi) is 27.0. The van der Waals surface area contributed by atoms with Gasteiger partial charge in [0.25, 0.3) is 0 Å². The molecule has 0 aliphatic heterocycles. The third kappa shape index (κ3) is 18.5. The molecule has 0 radical (unpaired) electrons. The summed E-state index contributed by atoms with van der Waals surface area (Å²) in [5, 5.41) is 81.7. The molecule has 0 spiro atoms. The molecule has 0 saturated carbocycles. The Balaban J connectivity index is 0.000000601. The Labute approximate surface area is 411 Å². The molecular weight excluding hydrogens is 822 g/mol. The Morgan fingerprint density at radius 3 is 1.29 bits per heavy atom. The normalized spacial score (nSPS) is 30.3. The fraction of sp³-hybridized carbons (Fsp3) is 0.739. The summed E-state index contributed by atoms with van der Waals surface area (Å²) in [6.07, 6.45) is 8.63. The number of allylic oxidation sites excluding steroid dienone is 4. The van der Waals surface area contributed by atoms with E-state index in [0.717, 1.165) is 11.1 Å². The van der Waals surface area contributed by atoms with E-state index in [2.05, 4.69) is 26.0 Å². The van der Waals surface area contributed by atoms with Gasteiger partial charge < -0.3 is 59.9 Å². The van der Waals surface area contributed by atoms with Crippen molar-refractivity contribution in [2.24, 2.45) is 47.3 Å². The molecule has 0 amide bonds. The number of hydrogen-bond acceptors (Lipinski definition) is 14. The van der Waals surface area contributed by atoms with Crippen molar-refractivity contribution in [1.29, 1.82) is 0 Å². The second-order valence-electron chi connectivity index (χ2n) is 17.7. The minimum atomic E-state index is -1.35. The zero-order valence-electron chi connectivity index (χ0n) is 38.1. The van der Waals surface area contributed by atoms with Crippen LogP contribution in [0.4, 0.5) is 0 Å². The van der Waals surface area contributed by atoms with Crippen molar-refractivity contribution in [2.75, 3.05) is 0 Å². The summed E-state index contributed by atoms with van der Waals surface area (Å²) in [7, 11) is 0. The van der Waals surface area contributed by atoms with E-state index in [9.17, 15) is 60.0 Å². The number of carboxylic acid groups (broad SMARTS) is 2. The fourth-order valence-corrected chi connectivity index (χ4v) is 9.02. The summed E-state index contributed by atoms with van der Waals surface area (Å²) >= 11 is 0. The fourth-order valence-electron chi connectivity index (χ4n) is 9.02. The molecule has 0 aromatic heterocycles. The summed E-state index contributed by atoms with van der Waals surface area (Å²) in [5.74, 6) is -3.21. The first kappa shape index (κ1) is 58.6. The molecule has 340 valence electrons. The van der Waals surface area contributed by atoms with Crippen molar-refractivity contribution in [1.82, 2.24) is 0 Å². The molecule has 62 heavy (non-hydrogen) atoms. The van der Waals surface area contributed by atoms with Crippen molar-refractivity contribution in [2.45, 2.75) is 167 Å². The topological polar surface area (TPSA) is 254 Å². The predicted molar refractivity (Wildman–Crippen MR) is 218 cm³/mol. The molecule has 4 aliphatic rings. The predicted octanol–water partition coefficient (Wildman–Crippen LogP) is -3.78. The van der Waals surface area contributed by atoms with Gasteiger partial charge in [-0.2, -0.15) is 0 Å². The van der Waals surface area contributed by atoms with Gasteiger partial charge in [0.05, 0.1) is 48.5 Å². The number of aliphatic hydroxyl groups excluding tert-OH is 6. The van der Waals surface area contributed by atoms with Crippen LogP contribution >= 0.6 is 0 Å². The van der Waals surface area contributed by atoms with Crippen LogP contribution in [-0.4, -0.2) is 103 Å². The third-order valence-corrected chi connectivity index (χ3v) is 12.9. The molecule has 6 N–H and O–H groups in total. The van der Waals surface area contributed by atoms with Crippen LogP contribution in [0, 0.1) is 47.3 Å². The number of carboxylic acids is 2. The SMILES string of the molecule is CC[C@H](C)C(=O)O[C@H]1C[C@H](O)C=C2C=C[C@H](C)[C@H](CC[C@@H](O)C[C@@H](O)CC(=O)[O-])[C@H]21.CC[C@H](C)C(=O)O[C@H]1C[C@H](O)C=C2C=C[C@H](C)[C@H](CC[C@@H](O)C[C@@H](O)CC(=O)[O-])[C@H]21.[Na+].[Na+]. The molecule has 16 atom stereocenters. The first-order valence-corrected chi connectivity index (χ1v) is 21.9. The van der Waals surface area contributed by atoms with Gasteiger partial charge in [-0.15, -0.1) is 0 Å². The molecule has 4 rings (SSSR count). The van der Waals surface area contributed by atoms with E-state index in [1.165, 1.54) is 0 Å². The molecular formula is C46H70Na2O14. The Bertz CT molecular complexity index is 1440. The van der Waals surface area contributed by atoms with Crippen molar-refractivity contribution in [3.63, 3.8) is 0 Å². The summed E-state index contributed by atoms with van der Waals surface area (Å²) in [5.41, 5.74) is 1.90. The number of aliphatic carboxylic acids is 2. The van der Waals surface area contributed by atoms with Gasteiger partial charge in [0.15, 0.2) is 0 Å². The van der Waals surface area contributed by atoms with E-state index in [-0.39, 0.29) is 131 Å². The van der Waals surface area contributed by atoms with Crippen LogP contribution in [0.5, 0.6) is 0 Å². The van der Waals surface area contributed by atoms with Crippen molar-refractivity contribution >= 4 is 23.9 Å². The molecule has 16 heteroatoms. The smallest absolute Gasteiger partial charge is 0.550 e. The van der Waals surface area contributed by atoms with Crippen LogP contribution in [0.2, 0.25) is 0 Å². The summed E-state index contributed by atoms with van der Waals surface area (Å²) < 4.78 is 11.7. The minimum absolute atomic E-state index is 0. The number of carbonyl (C=O) groups is 4. The van der Waals surface area contributed by atoms with E-state index in [4.69, 9.17) is 9.47 Å². The first-order chi connectivity index (χ1) is 28.2. The van der Waals surface area contributed by atoms with Gasteiger partial charge in [0.2, 0.25) is 0 Å². The van der Waals surface area contributed by atoms with E-state index in [1.54, 1.807) is 0 Å². The largest absolute Gasteiger partial charge is 1.00 e. The van der Waals surface area contributed by atoms with Crippen LogP contribution in [0.15, 0.2) is 47.6 Å². The molecule has 4 aliphatic carbocycles. The van der Waals surface area contributed by atoms with E-state index >= 15 is 0 Å². The van der Waals surface area contributed by atoms with Crippen LogP contribution in [0.3, 0.4) is 0 Å². The molecule has 0 fully saturated rings. The van der Waals surface area contributed by atoms with Gasteiger partial charge in [-0.1, -0.05) is 78.0 Å². The van der Waals surface area contributed by atoms with Gasteiger partial charge in [0.1, 0.15) is 12.2 Å². The molecule has 0 bridgehead atoms. The van der Waals surface area contributed by atoms with E-state index < -0.39 is 73.6 Å². The number of fused-ring (bicyclic) bond motifs is 2. The number of carbonyl (C=O) groups excluding carboxylic acids is 4. The molecule has 0 aromatic rings. The first-order valence-electron chi connectivity index (χ1n) is 21.9. The third-order valence-electron chi connectivity index (χ3n) is 12.9. The van der Waals surface area contributed by atoms with E-state index in [1.807, 2.05) is 52.0 Å². The molecule has 0 saturated heterocycles. The second kappa shape index (κ2) is 28.6. The van der Waals surface area contributed by atoms with Crippen molar-refractivity contribution < 1.29 is 129 Å². The van der Waals surface area contributed by atoms with Crippen LogP contribution in [-0.2, 0) is 28.7 Å². The maximum Gasteiger partial charge on any atom is 1.00 e. The number of hydrogen-bond donors (Lipinski definition) is 6. The van der Waals surface area contributed by atoms with Gasteiger partial charge in [-0.05, 0) is 86.2 Å². The van der Waals surface area contributed by atoms with Crippen molar-refractivity contribution in [3.8, 4) is 0 Å². The Hall–Kier alpha value is -1.40. The average molecular weight is 893 g/mol. The molecule has 14 nitrogen and oxygen atoms in total. The quantitative estimate of drug-likeness (QED) is 0.0507. The zero-order valence-corrected chi connectivity index (χ0v) is 42.1. The maximum atomic E-state index is 12.4. The van der Waals surface area contributed by atoms with Gasteiger partial charge in [-0.25, -0.2) is 0 Å². The maximum absolute atomic E-state index is 12.4. The van der Waals surface area contributed by atoms with Gasteiger partial charge in [-0.3, -0.25) is 9.59 Å². The van der Waals surface area contributed by atoms with E-state index in [0.29, 0.717) is 51.4 Å². The Morgan fingerprint density at radius 2 is 0.984 bits per heavy atom. The van der Waals surface area contributed by atoms with Crippen molar-refractivity contribution in [3.05, 3.63) is 47.6 Å². The standard InChI is InChI=1S/2C23H36O7.2Na/c2*1-4-13(2)23(29)30-20-11-17(25)9-15-6-5-14(3)19(22(15)20)8-7-16(24)10-18(26)12-21(27)28;;/h2*5-6,9,13-14,16-20,22,24-26H,4,7-8,10-12H2,1-3H3,(H,27,28);;/q;;2*+1/p-2/t2*13-,14-,16+,17+,18+,19-,20-,22-;;/m00../s1. The second-order valence-corrected chi connectivity index (χ2v) is 17.7. The molecule has 0 aromatic carbocycles. The van der Waals surface area contributed by atoms with Crippen LogP contribution in [0.25, 0.3) is 0 Å². The molecule has 0 unspecified atom stereocenters. The Morgan fingerprint density at radius 1 is 0.645 bits per heavy atom.